The highest BCUT2D eigenvalue weighted by atomic mass is 19.3. The molecular formula is C23H24F2N6O. The lowest BCUT2D eigenvalue weighted by Crippen LogP contribution is -2.47. The quantitative estimate of drug-likeness (QED) is 0.572. The number of benzene rings is 1. The summed E-state index contributed by atoms with van der Waals surface area (Å²) in [5.41, 5.74) is 2.14. The lowest BCUT2D eigenvalue weighted by Gasteiger charge is -2.35. The van der Waals surface area contributed by atoms with Gasteiger partial charge >= 0.3 is 0 Å². The SMILES string of the molecule is CC12Cc3[nH]nc(C(=O)Nc4cnn([C@H](c5ccccc5)C5CNC5)c4)c3C[C@@H]1C2(F)F. The van der Waals surface area contributed by atoms with Crippen molar-refractivity contribution in [2.24, 2.45) is 17.3 Å². The molecule has 0 bridgehead atoms. The Morgan fingerprint density at radius 3 is 2.78 bits per heavy atom. The predicted octanol–water partition coefficient (Wildman–Crippen LogP) is 3.04. The van der Waals surface area contributed by atoms with Gasteiger partial charge in [-0.15, -0.1) is 0 Å². The van der Waals surface area contributed by atoms with Crippen LogP contribution in [0.1, 0.15) is 40.3 Å². The fourth-order valence-electron chi connectivity index (χ4n) is 5.37. The van der Waals surface area contributed by atoms with E-state index < -0.39 is 23.2 Å². The number of alkyl halides is 2. The average Bonchev–Trinajstić information content (AvgIpc) is 3.17. The standard InChI is InChI=1S/C23H24F2N6O/c1-22-8-17-16(7-18(22)23(22,24)25)19(30-29-17)21(32)28-15-11-27-31(12-15)20(14-9-26-10-14)13-5-3-2-4-6-13/h2-6,11-12,14,18,20,26H,7-10H2,1H3,(H,28,32)(H,29,30)/t18-,20+,22?/m0/s1. The molecule has 1 saturated heterocycles. The number of carbonyl (C=O) groups excluding carboxylic acids is 1. The molecule has 7 nitrogen and oxygen atoms in total. The van der Waals surface area contributed by atoms with E-state index in [1.165, 1.54) is 0 Å². The highest BCUT2D eigenvalue weighted by Crippen LogP contribution is 2.70. The van der Waals surface area contributed by atoms with Gasteiger partial charge in [0.05, 0.1) is 17.9 Å². The van der Waals surface area contributed by atoms with Crippen molar-refractivity contribution in [3.8, 4) is 0 Å². The average molecular weight is 438 g/mol. The molecule has 3 atom stereocenters. The number of amides is 1. The number of aromatic amines is 1. The molecular weight excluding hydrogens is 414 g/mol. The molecule has 3 heterocycles. The Balaban J connectivity index is 1.22. The summed E-state index contributed by atoms with van der Waals surface area (Å²) in [5.74, 6) is -3.41. The van der Waals surface area contributed by atoms with Crippen LogP contribution in [0.2, 0.25) is 0 Å². The maximum Gasteiger partial charge on any atom is 0.276 e. The van der Waals surface area contributed by atoms with Crippen LogP contribution in [0.4, 0.5) is 14.5 Å². The van der Waals surface area contributed by atoms with E-state index in [4.69, 9.17) is 0 Å². The van der Waals surface area contributed by atoms with Crippen molar-refractivity contribution in [2.45, 2.75) is 31.7 Å². The van der Waals surface area contributed by atoms with Gasteiger partial charge in [0.25, 0.3) is 11.8 Å². The molecule has 2 aliphatic carbocycles. The number of fused-ring (bicyclic) bond motifs is 2. The van der Waals surface area contributed by atoms with E-state index in [1.807, 2.05) is 29.1 Å². The second-order valence-corrected chi connectivity index (χ2v) is 9.44. The number of nitrogens with zero attached hydrogens (tertiary/aromatic N) is 3. The number of halogens is 2. The first-order valence-corrected chi connectivity index (χ1v) is 10.9. The zero-order valence-electron chi connectivity index (χ0n) is 17.6. The van der Waals surface area contributed by atoms with Crippen LogP contribution in [-0.4, -0.2) is 44.9 Å². The summed E-state index contributed by atoms with van der Waals surface area (Å²) in [6.07, 6.45) is 3.82. The third kappa shape index (κ3) is 2.76. The van der Waals surface area contributed by atoms with Crippen LogP contribution in [0, 0.1) is 17.3 Å². The van der Waals surface area contributed by atoms with Crippen LogP contribution in [0.3, 0.4) is 0 Å². The molecule has 1 amide bonds. The van der Waals surface area contributed by atoms with Crippen LogP contribution >= 0.6 is 0 Å². The third-order valence-corrected chi connectivity index (χ3v) is 7.55. The van der Waals surface area contributed by atoms with E-state index in [0.29, 0.717) is 22.9 Å². The summed E-state index contributed by atoms with van der Waals surface area (Å²) >= 11 is 0. The molecule has 1 saturated carbocycles. The zero-order chi connectivity index (χ0) is 22.1. The minimum atomic E-state index is -2.69. The van der Waals surface area contributed by atoms with Crippen molar-refractivity contribution in [3.05, 3.63) is 65.2 Å². The summed E-state index contributed by atoms with van der Waals surface area (Å²) in [5, 5.41) is 17.6. The number of hydrogen-bond acceptors (Lipinski definition) is 4. The molecule has 1 aromatic carbocycles. The highest BCUT2D eigenvalue weighted by molar-refractivity contribution is 6.04. The Bertz CT molecular complexity index is 1180. The maximum absolute atomic E-state index is 14.2. The lowest BCUT2D eigenvalue weighted by molar-refractivity contribution is 0.0631. The second-order valence-electron chi connectivity index (χ2n) is 9.44. The molecule has 0 spiro atoms. The molecule has 1 aliphatic heterocycles. The number of anilines is 1. The summed E-state index contributed by atoms with van der Waals surface area (Å²) < 4.78 is 30.2. The Morgan fingerprint density at radius 2 is 2.06 bits per heavy atom. The van der Waals surface area contributed by atoms with Gasteiger partial charge in [-0.2, -0.15) is 10.2 Å². The largest absolute Gasteiger partial charge is 0.318 e. The fraction of sp³-hybridized carbons (Fsp3) is 0.435. The van der Waals surface area contributed by atoms with Crippen LogP contribution in [0.25, 0.3) is 0 Å². The Labute approximate surface area is 183 Å². The molecule has 0 radical (unpaired) electrons. The monoisotopic (exact) mass is 438 g/mol. The number of nitrogens with one attached hydrogen (secondary N) is 3. The van der Waals surface area contributed by atoms with Crippen LogP contribution in [0.5, 0.6) is 0 Å². The Kier molecular flexibility index (Phi) is 4.11. The van der Waals surface area contributed by atoms with Gasteiger partial charge < -0.3 is 10.6 Å². The summed E-state index contributed by atoms with van der Waals surface area (Å²) in [7, 11) is 0. The van der Waals surface area contributed by atoms with Gasteiger partial charge in [-0.25, -0.2) is 8.78 Å². The number of H-pyrrole nitrogens is 1. The van der Waals surface area contributed by atoms with Gasteiger partial charge in [0.2, 0.25) is 0 Å². The van der Waals surface area contributed by atoms with Crippen LogP contribution in [0.15, 0.2) is 42.7 Å². The third-order valence-electron chi connectivity index (χ3n) is 7.55. The van der Waals surface area contributed by atoms with Gasteiger partial charge in [-0.05, 0) is 12.0 Å². The van der Waals surface area contributed by atoms with Gasteiger partial charge in [-0.1, -0.05) is 37.3 Å². The Morgan fingerprint density at radius 1 is 1.28 bits per heavy atom. The summed E-state index contributed by atoms with van der Waals surface area (Å²) in [6.45, 7) is 3.42. The molecule has 2 fully saturated rings. The highest BCUT2D eigenvalue weighted by Gasteiger charge is 2.78. The minimum Gasteiger partial charge on any atom is -0.318 e. The molecule has 6 rings (SSSR count). The molecule has 3 N–H and O–H groups in total. The molecule has 3 aliphatic rings. The number of aromatic nitrogens is 4. The van der Waals surface area contributed by atoms with Gasteiger partial charge in [0.15, 0.2) is 5.69 Å². The number of hydrogen-bond donors (Lipinski definition) is 3. The van der Waals surface area contributed by atoms with Crippen LogP contribution < -0.4 is 10.6 Å². The van der Waals surface area contributed by atoms with Gasteiger partial charge in [-0.3, -0.25) is 14.6 Å². The first-order valence-electron chi connectivity index (χ1n) is 10.9. The van der Waals surface area contributed by atoms with Gasteiger partial charge in [0, 0.05) is 54.2 Å². The Hall–Kier alpha value is -3.07. The minimum absolute atomic E-state index is 0.0658. The van der Waals surface area contributed by atoms with E-state index in [2.05, 4.69) is 38.1 Å². The topological polar surface area (TPSA) is 87.6 Å². The first kappa shape index (κ1) is 19.6. The second kappa shape index (κ2) is 6.71. The van der Waals surface area contributed by atoms with Crippen molar-refractivity contribution in [2.75, 3.05) is 18.4 Å². The van der Waals surface area contributed by atoms with Gasteiger partial charge in [0.1, 0.15) is 0 Å². The zero-order valence-corrected chi connectivity index (χ0v) is 17.6. The van der Waals surface area contributed by atoms with Crippen molar-refractivity contribution in [1.82, 2.24) is 25.3 Å². The van der Waals surface area contributed by atoms with Crippen LogP contribution in [-0.2, 0) is 12.8 Å². The molecule has 166 valence electrons. The van der Waals surface area contributed by atoms with E-state index in [1.54, 1.807) is 13.1 Å². The molecule has 2 aromatic heterocycles. The molecule has 1 unspecified atom stereocenters. The summed E-state index contributed by atoms with van der Waals surface area (Å²) in [6, 6.07) is 10.2. The normalized spacial score (nSPS) is 26.5. The number of rotatable bonds is 5. The van der Waals surface area contributed by atoms with E-state index >= 15 is 0 Å². The van der Waals surface area contributed by atoms with E-state index in [0.717, 1.165) is 18.7 Å². The maximum atomic E-state index is 14.2. The molecule has 3 aromatic rings. The first-order chi connectivity index (χ1) is 15.4. The number of carbonyl (C=O) groups is 1. The van der Waals surface area contributed by atoms with Crippen molar-refractivity contribution >= 4 is 11.6 Å². The predicted molar refractivity (Wildman–Crippen MR) is 114 cm³/mol. The van der Waals surface area contributed by atoms with Crippen molar-refractivity contribution < 1.29 is 13.6 Å². The van der Waals surface area contributed by atoms with Crippen molar-refractivity contribution in [3.63, 3.8) is 0 Å². The van der Waals surface area contributed by atoms with E-state index in [-0.39, 0.29) is 24.6 Å². The van der Waals surface area contributed by atoms with E-state index in [9.17, 15) is 13.6 Å². The van der Waals surface area contributed by atoms with Crippen molar-refractivity contribution in [1.29, 1.82) is 0 Å². The smallest absolute Gasteiger partial charge is 0.276 e. The lowest BCUT2D eigenvalue weighted by atomic mass is 9.87. The molecule has 32 heavy (non-hydrogen) atoms. The fourth-order valence-corrected chi connectivity index (χ4v) is 5.37. The summed E-state index contributed by atoms with van der Waals surface area (Å²) in [4.78, 5) is 12.9. The molecule has 9 heteroatoms.